The molecule has 1 aromatic rings. The Hall–Kier alpha value is -1.97. The van der Waals surface area contributed by atoms with Crippen molar-refractivity contribution in [3.63, 3.8) is 0 Å². The minimum Gasteiger partial charge on any atom is -0.429 e. The van der Waals surface area contributed by atoms with Gasteiger partial charge in [-0.15, -0.1) is 0 Å². The summed E-state index contributed by atoms with van der Waals surface area (Å²) in [6, 6.07) is 3.80. The first-order valence-corrected chi connectivity index (χ1v) is 9.42. The van der Waals surface area contributed by atoms with Crippen LogP contribution in [-0.4, -0.2) is 48.8 Å². The Labute approximate surface area is 160 Å². The van der Waals surface area contributed by atoms with Gasteiger partial charge in [-0.2, -0.15) is 0 Å². The Morgan fingerprint density at radius 3 is 2.78 bits per heavy atom. The maximum atomic E-state index is 12.9. The van der Waals surface area contributed by atoms with E-state index in [-0.39, 0.29) is 11.8 Å². The van der Waals surface area contributed by atoms with Crippen LogP contribution in [0.1, 0.15) is 44.1 Å². The van der Waals surface area contributed by atoms with Crippen molar-refractivity contribution in [2.75, 3.05) is 13.1 Å². The number of carbonyl (C=O) groups is 2. The van der Waals surface area contributed by atoms with E-state index in [4.69, 9.17) is 15.4 Å². The summed E-state index contributed by atoms with van der Waals surface area (Å²) in [4.78, 5) is 29.8. The summed E-state index contributed by atoms with van der Waals surface area (Å²) < 4.78 is 5.04. The number of amides is 2. The Morgan fingerprint density at radius 2 is 2.15 bits per heavy atom. The third kappa shape index (κ3) is 6.02. The number of nitrogens with one attached hydrogen (secondary N) is 2. The second-order valence-corrected chi connectivity index (χ2v) is 6.79. The van der Waals surface area contributed by atoms with Crippen LogP contribution in [0.25, 0.3) is 0 Å². The maximum Gasteiger partial charge on any atom is 0.486 e. The standard InChI is InChI=1S/C18H28BN4O4/c20-10-3-6-15(27-19-26)23-17(25)18(8-1-2-9-18)16(24)22-12-7-14-5-4-11-21-13-14/h4-5,11,13,15,26H,1-3,6-10,12,20H2,(H,22,24)(H,23,25)/t15-/m1/s1. The Bertz CT molecular complexity index is 596. The van der Waals surface area contributed by atoms with Crippen molar-refractivity contribution in [1.29, 1.82) is 0 Å². The maximum absolute atomic E-state index is 12.9. The molecule has 1 aliphatic rings. The van der Waals surface area contributed by atoms with Crippen LogP contribution in [0.3, 0.4) is 0 Å². The highest BCUT2D eigenvalue weighted by Gasteiger charge is 2.48. The molecule has 1 radical (unpaired) electrons. The van der Waals surface area contributed by atoms with Crippen molar-refractivity contribution < 1.29 is 19.3 Å². The van der Waals surface area contributed by atoms with Gasteiger partial charge in [-0.1, -0.05) is 18.9 Å². The zero-order valence-corrected chi connectivity index (χ0v) is 15.5. The zero-order valence-electron chi connectivity index (χ0n) is 15.5. The van der Waals surface area contributed by atoms with Crippen LogP contribution in [-0.2, 0) is 20.7 Å². The van der Waals surface area contributed by atoms with Crippen molar-refractivity contribution >= 4 is 19.5 Å². The van der Waals surface area contributed by atoms with Gasteiger partial charge in [0.05, 0.1) is 0 Å². The second-order valence-electron chi connectivity index (χ2n) is 6.79. The highest BCUT2D eigenvalue weighted by molar-refractivity contribution is 6.16. The highest BCUT2D eigenvalue weighted by atomic mass is 16.5. The molecule has 2 rings (SSSR count). The minimum atomic E-state index is -1.09. The topological polar surface area (TPSA) is 127 Å². The lowest BCUT2D eigenvalue weighted by Gasteiger charge is -2.29. The molecule has 0 bridgehead atoms. The summed E-state index contributed by atoms with van der Waals surface area (Å²) in [5, 5.41) is 14.5. The lowest BCUT2D eigenvalue weighted by Crippen LogP contribution is -2.53. The molecule has 1 aromatic heterocycles. The van der Waals surface area contributed by atoms with E-state index in [1.807, 2.05) is 12.1 Å². The number of hydrogen-bond acceptors (Lipinski definition) is 6. The molecular weight excluding hydrogens is 347 g/mol. The number of hydrogen-bond donors (Lipinski definition) is 4. The van der Waals surface area contributed by atoms with Crippen molar-refractivity contribution in [3.05, 3.63) is 30.1 Å². The summed E-state index contributed by atoms with van der Waals surface area (Å²) in [5.41, 5.74) is 5.43. The van der Waals surface area contributed by atoms with Crippen LogP contribution < -0.4 is 16.4 Å². The summed E-state index contributed by atoms with van der Waals surface area (Å²) in [6.45, 7) is 0.887. The van der Waals surface area contributed by atoms with E-state index in [0.29, 0.717) is 52.9 Å². The molecule has 0 unspecified atom stereocenters. The second kappa shape index (κ2) is 11.0. The molecule has 27 heavy (non-hydrogen) atoms. The molecular formula is C18H28BN4O4. The molecule has 1 fully saturated rings. The smallest absolute Gasteiger partial charge is 0.429 e. The SMILES string of the molecule is NCCC[C@H](NC(=O)C1(C(=O)NCCc2cccnc2)CCCC1)O[B]O. The van der Waals surface area contributed by atoms with Crippen LogP contribution in [0.5, 0.6) is 0 Å². The molecule has 8 nitrogen and oxygen atoms in total. The number of carbonyl (C=O) groups excluding carboxylic acids is 2. The summed E-state index contributed by atoms with van der Waals surface area (Å²) in [5.74, 6) is -0.616. The van der Waals surface area contributed by atoms with Gasteiger partial charge in [-0.25, -0.2) is 0 Å². The lowest BCUT2D eigenvalue weighted by molar-refractivity contribution is -0.145. The van der Waals surface area contributed by atoms with Gasteiger partial charge in [0.2, 0.25) is 11.8 Å². The van der Waals surface area contributed by atoms with E-state index in [1.54, 1.807) is 12.4 Å². The van der Waals surface area contributed by atoms with E-state index in [9.17, 15) is 9.59 Å². The fraction of sp³-hybridized carbons (Fsp3) is 0.611. The predicted octanol–water partition coefficient (Wildman–Crippen LogP) is 0.0250. The molecule has 147 valence electrons. The molecule has 0 saturated heterocycles. The van der Waals surface area contributed by atoms with Gasteiger partial charge in [0.25, 0.3) is 0 Å². The van der Waals surface area contributed by atoms with Gasteiger partial charge in [-0.05, 0) is 50.3 Å². The van der Waals surface area contributed by atoms with Gasteiger partial charge < -0.3 is 26.0 Å². The molecule has 5 N–H and O–H groups in total. The summed E-state index contributed by atoms with van der Waals surface area (Å²) >= 11 is 0. The molecule has 0 spiro atoms. The van der Waals surface area contributed by atoms with Crippen LogP contribution >= 0.6 is 0 Å². The minimum absolute atomic E-state index is 0.257. The normalized spacial score (nSPS) is 16.5. The van der Waals surface area contributed by atoms with Gasteiger partial charge in [-0.3, -0.25) is 14.6 Å². The third-order valence-corrected chi connectivity index (χ3v) is 4.94. The molecule has 2 amide bonds. The number of aromatic nitrogens is 1. The van der Waals surface area contributed by atoms with E-state index < -0.39 is 11.6 Å². The monoisotopic (exact) mass is 375 g/mol. The summed E-state index contributed by atoms with van der Waals surface area (Å²) in [7, 11) is 0.552. The molecule has 1 saturated carbocycles. The molecule has 0 aromatic carbocycles. The lowest BCUT2D eigenvalue weighted by atomic mass is 9.83. The van der Waals surface area contributed by atoms with Gasteiger partial charge >= 0.3 is 7.69 Å². The van der Waals surface area contributed by atoms with Crippen LogP contribution in [0.4, 0.5) is 0 Å². The van der Waals surface area contributed by atoms with E-state index >= 15 is 0 Å². The fourth-order valence-corrected chi connectivity index (χ4v) is 3.41. The fourth-order valence-electron chi connectivity index (χ4n) is 3.41. The van der Waals surface area contributed by atoms with E-state index in [1.165, 1.54) is 0 Å². The van der Waals surface area contributed by atoms with Gasteiger partial charge in [0, 0.05) is 18.9 Å². The first kappa shape index (κ1) is 21.3. The van der Waals surface area contributed by atoms with Crippen molar-refractivity contribution in [2.45, 2.75) is 51.2 Å². The highest BCUT2D eigenvalue weighted by Crippen LogP contribution is 2.38. The Balaban J connectivity index is 1.95. The number of pyridine rings is 1. The molecule has 9 heteroatoms. The van der Waals surface area contributed by atoms with E-state index in [2.05, 4.69) is 15.6 Å². The number of rotatable bonds is 11. The van der Waals surface area contributed by atoms with Crippen LogP contribution in [0.2, 0.25) is 0 Å². The van der Waals surface area contributed by atoms with Crippen molar-refractivity contribution in [1.82, 2.24) is 15.6 Å². The van der Waals surface area contributed by atoms with Gasteiger partial charge in [0.15, 0.2) is 0 Å². The van der Waals surface area contributed by atoms with Gasteiger partial charge in [0.1, 0.15) is 11.6 Å². The van der Waals surface area contributed by atoms with Crippen molar-refractivity contribution in [2.24, 2.45) is 11.1 Å². The number of nitrogens with two attached hydrogens (primary N) is 1. The number of nitrogens with zero attached hydrogens (tertiary/aromatic N) is 1. The Morgan fingerprint density at radius 1 is 1.37 bits per heavy atom. The molecule has 0 aliphatic heterocycles. The largest absolute Gasteiger partial charge is 0.486 e. The Kier molecular flexibility index (Phi) is 8.70. The quantitative estimate of drug-likeness (QED) is 0.246. The molecule has 1 heterocycles. The van der Waals surface area contributed by atoms with Crippen LogP contribution in [0, 0.1) is 5.41 Å². The third-order valence-electron chi connectivity index (χ3n) is 4.94. The van der Waals surface area contributed by atoms with Crippen molar-refractivity contribution in [3.8, 4) is 0 Å². The molecule has 1 aliphatic carbocycles. The molecule has 1 atom stereocenters. The van der Waals surface area contributed by atoms with Crippen LogP contribution in [0.15, 0.2) is 24.5 Å². The predicted molar refractivity (Wildman–Crippen MR) is 101 cm³/mol. The average Bonchev–Trinajstić information content (AvgIpc) is 3.18. The first-order valence-electron chi connectivity index (χ1n) is 9.42. The first-order chi connectivity index (χ1) is 13.1. The zero-order chi connectivity index (χ0) is 19.5. The average molecular weight is 375 g/mol. The van der Waals surface area contributed by atoms with E-state index in [0.717, 1.165) is 18.4 Å². The summed E-state index contributed by atoms with van der Waals surface area (Å²) in [6.07, 6.45) is 7.15.